The van der Waals surface area contributed by atoms with Crippen LogP contribution >= 0.6 is 15.9 Å². The Morgan fingerprint density at radius 1 is 1.58 bits per heavy atom. The van der Waals surface area contributed by atoms with Crippen LogP contribution in [0.3, 0.4) is 0 Å². The second kappa shape index (κ2) is 6.34. The van der Waals surface area contributed by atoms with Gasteiger partial charge in [0, 0.05) is 22.8 Å². The van der Waals surface area contributed by atoms with Gasteiger partial charge in [-0.1, -0.05) is 6.92 Å². The molecule has 6 heteroatoms. The predicted octanol–water partition coefficient (Wildman–Crippen LogP) is 2.19. The van der Waals surface area contributed by atoms with Crippen molar-refractivity contribution in [3.05, 3.63) is 22.8 Å². The van der Waals surface area contributed by atoms with E-state index in [0.717, 1.165) is 29.7 Å². The van der Waals surface area contributed by atoms with Gasteiger partial charge in [-0.05, 0) is 47.4 Å². The molecule has 1 aromatic heterocycles. The first-order valence-corrected chi connectivity index (χ1v) is 7.21. The smallest absolute Gasteiger partial charge is 0.317 e. The number of nitrogens with zero attached hydrogens (tertiary/aromatic N) is 2. The molecule has 1 fully saturated rings. The Bertz CT molecular complexity index is 432. The van der Waals surface area contributed by atoms with Gasteiger partial charge >= 0.3 is 5.97 Å². The van der Waals surface area contributed by atoms with E-state index in [-0.39, 0.29) is 6.54 Å². The van der Waals surface area contributed by atoms with E-state index in [2.05, 4.69) is 26.2 Å². The topological polar surface area (TPSA) is 65.5 Å². The number of halogens is 1. The number of aromatic nitrogens is 1. The van der Waals surface area contributed by atoms with E-state index in [0.29, 0.717) is 12.1 Å². The van der Waals surface area contributed by atoms with Crippen LogP contribution in [0, 0.1) is 0 Å². The Morgan fingerprint density at radius 3 is 2.84 bits per heavy atom. The molecule has 0 unspecified atom stereocenters. The first-order valence-electron chi connectivity index (χ1n) is 6.42. The maximum atomic E-state index is 10.7. The number of aliphatic carboxylic acids is 1. The minimum Gasteiger partial charge on any atom is -0.480 e. The first kappa shape index (κ1) is 14.3. The third-order valence-electron chi connectivity index (χ3n) is 3.45. The number of likely N-dealkylation sites (N-methyl/N-ethyl adjacent to an activating group) is 1. The first-order chi connectivity index (χ1) is 9.08. The number of carboxylic acids is 1. The van der Waals surface area contributed by atoms with Gasteiger partial charge in [0.2, 0.25) is 0 Å². The maximum absolute atomic E-state index is 10.7. The van der Waals surface area contributed by atoms with Gasteiger partial charge in [0.25, 0.3) is 0 Å². The number of hydrogen-bond donors (Lipinski definition) is 2. The van der Waals surface area contributed by atoms with E-state index < -0.39 is 5.97 Å². The lowest BCUT2D eigenvalue weighted by molar-refractivity contribution is -0.139. The fraction of sp³-hybridized carbons (Fsp3) is 0.538. The summed E-state index contributed by atoms with van der Waals surface area (Å²) in [6, 6.07) is 4.65. The molecular formula is C13H18BrN3O2. The number of anilines is 1. The zero-order valence-corrected chi connectivity index (χ0v) is 12.4. The molecule has 5 nitrogen and oxygen atoms in total. The minimum absolute atomic E-state index is 0.129. The maximum Gasteiger partial charge on any atom is 0.317 e. The summed E-state index contributed by atoms with van der Waals surface area (Å²) >= 11 is 3.35. The van der Waals surface area contributed by atoms with Gasteiger partial charge < -0.3 is 10.4 Å². The summed E-state index contributed by atoms with van der Waals surface area (Å²) in [6.07, 6.45) is 3.71. The Balaban J connectivity index is 1.79. The molecule has 1 aliphatic rings. The summed E-state index contributed by atoms with van der Waals surface area (Å²) in [7, 11) is 0. The van der Waals surface area contributed by atoms with Gasteiger partial charge in [-0.3, -0.25) is 9.69 Å². The second-order valence-electron chi connectivity index (χ2n) is 4.78. The Morgan fingerprint density at radius 2 is 2.32 bits per heavy atom. The molecule has 2 rings (SSSR count). The zero-order chi connectivity index (χ0) is 13.8. The fourth-order valence-electron chi connectivity index (χ4n) is 2.35. The van der Waals surface area contributed by atoms with E-state index in [1.165, 1.54) is 0 Å². The minimum atomic E-state index is -0.757. The third-order valence-corrected chi connectivity index (χ3v) is 3.92. The van der Waals surface area contributed by atoms with Crippen LogP contribution in [0.15, 0.2) is 22.8 Å². The molecular weight excluding hydrogens is 310 g/mol. The number of pyridine rings is 1. The average molecular weight is 328 g/mol. The van der Waals surface area contributed by atoms with Crippen molar-refractivity contribution in [1.82, 2.24) is 9.88 Å². The lowest BCUT2D eigenvalue weighted by atomic mass is 9.85. The molecule has 1 heterocycles. The van der Waals surface area contributed by atoms with Crippen LogP contribution in [-0.4, -0.2) is 46.1 Å². The van der Waals surface area contributed by atoms with Crippen molar-refractivity contribution in [2.75, 3.05) is 18.4 Å². The van der Waals surface area contributed by atoms with E-state index in [4.69, 9.17) is 5.11 Å². The molecule has 0 aliphatic heterocycles. The summed E-state index contributed by atoms with van der Waals surface area (Å²) in [5.74, 6) is 0.112. The summed E-state index contributed by atoms with van der Waals surface area (Å²) in [5, 5.41) is 12.2. The lowest BCUT2D eigenvalue weighted by Crippen LogP contribution is -2.51. The largest absolute Gasteiger partial charge is 0.480 e. The van der Waals surface area contributed by atoms with Crippen LogP contribution in [0.25, 0.3) is 0 Å². The van der Waals surface area contributed by atoms with E-state index in [1.54, 1.807) is 6.20 Å². The summed E-state index contributed by atoms with van der Waals surface area (Å²) < 4.78 is 0.961. The molecule has 0 atom stereocenters. The highest BCUT2D eigenvalue weighted by Gasteiger charge is 2.33. The van der Waals surface area contributed by atoms with Gasteiger partial charge in [-0.25, -0.2) is 4.98 Å². The zero-order valence-electron chi connectivity index (χ0n) is 10.8. The van der Waals surface area contributed by atoms with Crippen molar-refractivity contribution in [3.63, 3.8) is 0 Å². The van der Waals surface area contributed by atoms with E-state index >= 15 is 0 Å². The fourth-order valence-corrected chi connectivity index (χ4v) is 2.58. The van der Waals surface area contributed by atoms with Crippen molar-refractivity contribution in [3.8, 4) is 0 Å². The molecule has 19 heavy (non-hydrogen) atoms. The van der Waals surface area contributed by atoms with Gasteiger partial charge in [0.15, 0.2) is 0 Å². The number of carbonyl (C=O) groups is 1. The number of carboxylic acid groups (broad SMARTS) is 1. The van der Waals surface area contributed by atoms with Crippen molar-refractivity contribution in [2.24, 2.45) is 0 Å². The summed E-state index contributed by atoms with van der Waals surface area (Å²) in [6.45, 7) is 2.91. The summed E-state index contributed by atoms with van der Waals surface area (Å²) in [5.41, 5.74) is 0. The van der Waals surface area contributed by atoms with Gasteiger partial charge in [0.05, 0.1) is 6.54 Å². The molecule has 1 saturated carbocycles. The van der Waals surface area contributed by atoms with Crippen molar-refractivity contribution < 1.29 is 9.90 Å². The Kier molecular flexibility index (Phi) is 4.76. The van der Waals surface area contributed by atoms with Gasteiger partial charge in [0.1, 0.15) is 5.82 Å². The van der Waals surface area contributed by atoms with Crippen LogP contribution in [0.4, 0.5) is 5.82 Å². The lowest BCUT2D eigenvalue weighted by Gasteiger charge is -2.42. The molecule has 0 saturated heterocycles. The molecule has 0 spiro atoms. The standard InChI is InChI=1S/C13H18BrN3O2/c1-2-17(8-13(18)19)11-5-10(6-11)16-12-4-3-9(14)7-15-12/h3-4,7,10-11H,2,5-6,8H2,1H3,(H,15,16)(H,18,19). The third kappa shape index (κ3) is 3.91. The van der Waals surface area contributed by atoms with Gasteiger partial charge in [-0.2, -0.15) is 0 Å². The van der Waals surface area contributed by atoms with Crippen LogP contribution < -0.4 is 5.32 Å². The molecule has 0 amide bonds. The van der Waals surface area contributed by atoms with Gasteiger partial charge in [-0.15, -0.1) is 0 Å². The van der Waals surface area contributed by atoms with E-state index in [9.17, 15) is 4.79 Å². The molecule has 0 aromatic carbocycles. The number of nitrogens with one attached hydrogen (secondary N) is 1. The Labute approximate surface area is 121 Å². The van der Waals surface area contributed by atoms with Crippen molar-refractivity contribution in [2.45, 2.75) is 31.8 Å². The van der Waals surface area contributed by atoms with Crippen molar-refractivity contribution >= 4 is 27.7 Å². The number of rotatable bonds is 6. The quantitative estimate of drug-likeness (QED) is 0.838. The SMILES string of the molecule is CCN(CC(=O)O)C1CC(Nc2ccc(Br)cn2)C1. The van der Waals surface area contributed by atoms with Crippen LogP contribution in [0.5, 0.6) is 0 Å². The highest BCUT2D eigenvalue weighted by atomic mass is 79.9. The number of hydrogen-bond acceptors (Lipinski definition) is 4. The molecule has 0 bridgehead atoms. The Hall–Kier alpha value is -1.14. The van der Waals surface area contributed by atoms with E-state index in [1.807, 2.05) is 24.0 Å². The molecule has 0 radical (unpaired) electrons. The summed E-state index contributed by atoms with van der Waals surface area (Å²) in [4.78, 5) is 17.0. The highest BCUT2D eigenvalue weighted by molar-refractivity contribution is 9.10. The van der Waals surface area contributed by atoms with Crippen LogP contribution in [0.1, 0.15) is 19.8 Å². The molecule has 2 N–H and O–H groups in total. The van der Waals surface area contributed by atoms with Crippen molar-refractivity contribution in [1.29, 1.82) is 0 Å². The second-order valence-corrected chi connectivity index (χ2v) is 5.70. The highest BCUT2D eigenvalue weighted by Crippen LogP contribution is 2.28. The molecule has 104 valence electrons. The molecule has 1 aromatic rings. The predicted molar refractivity (Wildman–Crippen MR) is 77.3 cm³/mol. The normalized spacial score (nSPS) is 22.1. The monoisotopic (exact) mass is 327 g/mol. The van der Waals surface area contributed by atoms with Crippen LogP contribution in [-0.2, 0) is 4.79 Å². The molecule has 1 aliphatic carbocycles. The van der Waals surface area contributed by atoms with Crippen LogP contribution in [0.2, 0.25) is 0 Å². The average Bonchev–Trinajstić information content (AvgIpc) is 2.33.